The van der Waals surface area contributed by atoms with Crippen molar-refractivity contribution in [2.75, 3.05) is 18.0 Å². The quantitative estimate of drug-likeness (QED) is 0.907. The molecule has 3 rings (SSSR count). The van der Waals surface area contributed by atoms with E-state index in [-0.39, 0.29) is 24.2 Å². The lowest BCUT2D eigenvalue weighted by Crippen LogP contribution is -2.51. The molecule has 25 heavy (non-hydrogen) atoms. The average molecular weight is 344 g/mol. The molecule has 2 aliphatic rings. The van der Waals surface area contributed by atoms with Crippen molar-refractivity contribution in [2.45, 2.75) is 45.1 Å². The first-order valence-corrected chi connectivity index (χ1v) is 8.85. The van der Waals surface area contributed by atoms with Crippen LogP contribution in [0.15, 0.2) is 24.3 Å². The van der Waals surface area contributed by atoms with E-state index in [0.717, 1.165) is 24.1 Å². The molecule has 2 heterocycles. The molecule has 0 bridgehead atoms. The van der Waals surface area contributed by atoms with E-state index in [9.17, 15) is 14.4 Å². The van der Waals surface area contributed by atoms with Crippen molar-refractivity contribution >= 4 is 23.5 Å². The van der Waals surface area contributed by atoms with Crippen LogP contribution in [0.4, 0.5) is 5.69 Å². The van der Waals surface area contributed by atoms with Gasteiger partial charge >= 0.3 is 5.97 Å². The number of anilines is 1. The molecule has 0 radical (unpaired) electrons. The normalized spacial score (nSPS) is 22.6. The van der Waals surface area contributed by atoms with E-state index in [4.69, 9.17) is 5.11 Å². The van der Waals surface area contributed by atoms with Gasteiger partial charge in [-0.1, -0.05) is 18.2 Å². The van der Waals surface area contributed by atoms with E-state index >= 15 is 0 Å². The number of piperidine rings is 1. The molecule has 2 amide bonds. The number of amides is 2. The Hall–Kier alpha value is -2.37. The number of likely N-dealkylation sites (tertiary alicyclic amines) is 1. The molecule has 2 atom stereocenters. The van der Waals surface area contributed by atoms with Gasteiger partial charge in [0.05, 0.1) is 0 Å². The van der Waals surface area contributed by atoms with E-state index in [2.05, 4.69) is 0 Å². The van der Waals surface area contributed by atoms with Crippen molar-refractivity contribution in [3.05, 3.63) is 29.8 Å². The van der Waals surface area contributed by atoms with E-state index in [1.807, 2.05) is 29.2 Å². The Morgan fingerprint density at radius 2 is 2.00 bits per heavy atom. The minimum atomic E-state index is -0.794. The van der Waals surface area contributed by atoms with Gasteiger partial charge in [-0.3, -0.25) is 19.3 Å². The highest BCUT2D eigenvalue weighted by Gasteiger charge is 2.39. The Labute approximate surface area is 147 Å². The minimum Gasteiger partial charge on any atom is -0.481 e. The molecule has 1 aromatic rings. The summed E-state index contributed by atoms with van der Waals surface area (Å²) >= 11 is 0. The summed E-state index contributed by atoms with van der Waals surface area (Å²) in [5, 5.41) is 8.86. The van der Waals surface area contributed by atoms with Gasteiger partial charge in [0.15, 0.2) is 0 Å². The van der Waals surface area contributed by atoms with Gasteiger partial charge in [-0.05, 0) is 36.8 Å². The molecular formula is C19H24N2O4. The first-order valence-electron chi connectivity index (χ1n) is 8.85. The Kier molecular flexibility index (Phi) is 5.06. The number of aliphatic carboxylic acids is 1. The van der Waals surface area contributed by atoms with Gasteiger partial charge in [0.2, 0.25) is 11.8 Å². The molecule has 0 unspecified atom stereocenters. The average Bonchev–Trinajstić information content (AvgIpc) is 2.99. The fourth-order valence-electron chi connectivity index (χ4n) is 4.01. The number of carboxylic acids is 1. The Morgan fingerprint density at radius 3 is 2.72 bits per heavy atom. The summed E-state index contributed by atoms with van der Waals surface area (Å²) in [6.07, 6.45) is 3.13. The van der Waals surface area contributed by atoms with Gasteiger partial charge in [0.25, 0.3) is 0 Å². The van der Waals surface area contributed by atoms with Gasteiger partial charge in [-0.15, -0.1) is 0 Å². The van der Waals surface area contributed by atoms with Gasteiger partial charge in [-0.2, -0.15) is 0 Å². The lowest BCUT2D eigenvalue weighted by atomic mass is 9.93. The third-order valence-electron chi connectivity index (χ3n) is 5.20. The van der Waals surface area contributed by atoms with E-state index in [1.165, 1.54) is 6.92 Å². The Balaban J connectivity index is 1.72. The third kappa shape index (κ3) is 3.67. The van der Waals surface area contributed by atoms with Crippen LogP contribution in [-0.2, 0) is 20.8 Å². The monoisotopic (exact) mass is 344 g/mol. The number of carbonyl (C=O) groups is 3. The predicted octanol–water partition coefficient (Wildman–Crippen LogP) is 2.07. The number of hydrogen-bond acceptors (Lipinski definition) is 3. The number of fused-ring (bicyclic) bond motifs is 1. The van der Waals surface area contributed by atoms with E-state index in [1.54, 1.807) is 4.90 Å². The second-order valence-corrected chi connectivity index (χ2v) is 6.96. The zero-order valence-electron chi connectivity index (χ0n) is 14.5. The SMILES string of the molecule is CC(=O)N1c2ccccc2C[C@H]1C(=O)N1CCC[C@H](CCC(=O)O)C1. The molecule has 6 nitrogen and oxygen atoms in total. The van der Waals surface area contributed by atoms with Crippen LogP contribution in [0, 0.1) is 5.92 Å². The molecule has 1 N–H and O–H groups in total. The molecule has 1 aromatic carbocycles. The lowest BCUT2D eigenvalue weighted by molar-refractivity contribution is -0.137. The van der Waals surface area contributed by atoms with Crippen molar-refractivity contribution in [3.63, 3.8) is 0 Å². The highest BCUT2D eigenvalue weighted by molar-refractivity contribution is 6.02. The molecule has 1 fully saturated rings. The van der Waals surface area contributed by atoms with Crippen LogP contribution < -0.4 is 4.90 Å². The summed E-state index contributed by atoms with van der Waals surface area (Å²) < 4.78 is 0. The summed E-state index contributed by atoms with van der Waals surface area (Å²) in [5.41, 5.74) is 1.85. The first-order chi connectivity index (χ1) is 12.0. The number of carboxylic acid groups (broad SMARTS) is 1. The maximum Gasteiger partial charge on any atom is 0.303 e. The second-order valence-electron chi connectivity index (χ2n) is 6.96. The largest absolute Gasteiger partial charge is 0.481 e. The van der Waals surface area contributed by atoms with Crippen LogP contribution in [-0.4, -0.2) is 46.9 Å². The van der Waals surface area contributed by atoms with Crippen LogP contribution in [0.5, 0.6) is 0 Å². The summed E-state index contributed by atoms with van der Waals surface area (Å²) in [6.45, 7) is 2.76. The number of para-hydroxylation sites is 1. The van der Waals surface area contributed by atoms with Crippen LogP contribution in [0.1, 0.15) is 38.2 Å². The molecule has 0 spiro atoms. The molecule has 0 aromatic heterocycles. The highest BCUT2D eigenvalue weighted by atomic mass is 16.4. The molecule has 2 aliphatic heterocycles. The molecule has 1 saturated heterocycles. The fraction of sp³-hybridized carbons (Fsp3) is 0.526. The molecular weight excluding hydrogens is 320 g/mol. The summed E-state index contributed by atoms with van der Waals surface area (Å²) in [6, 6.07) is 7.17. The standard InChI is InChI=1S/C19H24N2O4/c1-13(22)21-16-7-3-2-6-15(16)11-17(21)19(25)20-10-4-5-14(12-20)8-9-18(23)24/h2-3,6-7,14,17H,4-5,8-12H2,1H3,(H,23,24)/t14-,17+/m1/s1. The number of rotatable bonds is 4. The van der Waals surface area contributed by atoms with Crippen LogP contribution in [0.25, 0.3) is 0 Å². The van der Waals surface area contributed by atoms with Gasteiger partial charge < -0.3 is 10.0 Å². The summed E-state index contributed by atoms with van der Waals surface area (Å²) in [7, 11) is 0. The molecule has 134 valence electrons. The topological polar surface area (TPSA) is 77.9 Å². The summed E-state index contributed by atoms with van der Waals surface area (Å²) in [5.74, 6) is -0.713. The smallest absolute Gasteiger partial charge is 0.303 e. The Morgan fingerprint density at radius 1 is 1.24 bits per heavy atom. The molecule has 6 heteroatoms. The van der Waals surface area contributed by atoms with Gasteiger partial charge in [0.1, 0.15) is 6.04 Å². The van der Waals surface area contributed by atoms with Gasteiger partial charge in [-0.25, -0.2) is 0 Å². The van der Waals surface area contributed by atoms with Crippen LogP contribution >= 0.6 is 0 Å². The number of hydrogen-bond donors (Lipinski definition) is 1. The highest BCUT2D eigenvalue weighted by Crippen LogP contribution is 2.33. The van der Waals surface area contributed by atoms with Crippen molar-refractivity contribution in [1.82, 2.24) is 4.90 Å². The molecule has 0 saturated carbocycles. The van der Waals surface area contributed by atoms with Crippen molar-refractivity contribution in [1.29, 1.82) is 0 Å². The minimum absolute atomic E-state index is 0.0218. The number of benzene rings is 1. The first kappa shape index (κ1) is 17.5. The van der Waals surface area contributed by atoms with Crippen molar-refractivity contribution in [3.8, 4) is 0 Å². The lowest BCUT2D eigenvalue weighted by Gasteiger charge is -2.36. The maximum absolute atomic E-state index is 13.1. The molecule has 0 aliphatic carbocycles. The Bertz CT molecular complexity index is 688. The van der Waals surface area contributed by atoms with E-state index in [0.29, 0.717) is 25.9 Å². The number of carbonyl (C=O) groups excluding carboxylic acids is 2. The zero-order chi connectivity index (χ0) is 18.0. The maximum atomic E-state index is 13.1. The summed E-state index contributed by atoms with van der Waals surface area (Å²) in [4.78, 5) is 39.4. The van der Waals surface area contributed by atoms with Crippen molar-refractivity contribution < 1.29 is 19.5 Å². The second kappa shape index (κ2) is 7.25. The zero-order valence-corrected chi connectivity index (χ0v) is 14.5. The predicted molar refractivity (Wildman–Crippen MR) is 93.3 cm³/mol. The van der Waals surface area contributed by atoms with Crippen LogP contribution in [0.3, 0.4) is 0 Å². The van der Waals surface area contributed by atoms with Gasteiger partial charge in [0, 0.05) is 38.5 Å². The fourth-order valence-corrected chi connectivity index (χ4v) is 4.01. The van der Waals surface area contributed by atoms with E-state index < -0.39 is 12.0 Å². The third-order valence-corrected chi connectivity index (χ3v) is 5.20. The van der Waals surface area contributed by atoms with Crippen molar-refractivity contribution in [2.24, 2.45) is 5.92 Å². The number of nitrogens with zero attached hydrogens (tertiary/aromatic N) is 2. The van der Waals surface area contributed by atoms with Crippen LogP contribution in [0.2, 0.25) is 0 Å².